The number of rotatable bonds is 2. The van der Waals surface area contributed by atoms with Gasteiger partial charge >= 0.3 is 0 Å². The molecule has 0 aliphatic heterocycles. The van der Waals surface area contributed by atoms with E-state index in [9.17, 15) is 4.79 Å². The standard InChI is InChI=1S/C30H17N3O/c34-30-23-10-5-14-31-27(23)28-26-22(13-15-32-28)24-17-21(11-12-25(24)33-29(26)30)20-9-4-8-19(16-20)18-6-2-1-3-7-18/h1-17H. The average molecular weight is 435 g/mol. The topological polar surface area (TPSA) is 55.7 Å². The molecule has 0 saturated heterocycles. The summed E-state index contributed by atoms with van der Waals surface area (Å²) in [4.78, 5) is 27.1. The van der Waals surface area contributed by atoms with Crippen LogP contribution in [0.25, 0.3) is 55.3 Å². The van der Waals surface area contributed by atoms with Crippen LogP contribution < -0.4 is 0 Å². The Kier molecular flexibility index (Phi) is 3.96. The Balaban J connectivity index is 1.47. The van der Waals surface area contributed by atoms with Gasteiger partial charge in [-0.1, -0.05) is 54.6 Å². The molecule has 3 aromatic carbocycles. The first-order chi connectivity index (χ1) is 16.8. The fourth-order valence-electron chi connectivity index (χ4n) is 4.89. The van der Waals surface area contributed by atoms with Crippen LogP contribution in [-0.2, 0) is 0 Å². The Morgan fingerprint density at radius 1 is 0.529 bits per heavy atom. The highest BCUT2D eigenvalue weighted by Gasteiger charge is 2.29. The van der Waals surface area contributed by atoms with Crippen LogP contribution in [-0.4, -0.2) is 20.7 Å². The van der Waals surface area contributed by atoms with Gasteiger partial charge in [-0.15, -0.1) is 0 Å². The second kappa shape index (κ2) is 7.15. The molecule has 0 atom stereocenters. The van der Waals surface area contributed by atoms with E-state index in [2.05, 4.69) is 70.6 Å². The molecule has 1 aliphatic carbocycles. The number of fused-ring (bicyclic) bond motifs is 4. The molecule has 0 saturated carbocycles. The molecule has 158 valence electrons. The normalized spacial score (nSPS) is 12.2. The SMILES string of the molecule is O=C1c2cccnc2-c2nccc3c2c1nc1ccc(-c2cccc(-c4ccccc4)c2)cc13. The summed E-state index contributed by atoms with van der Waals surface area (Å²) < 4.78 is 0. The second-order valence-corrected chi connectivity index (χ2v) is 8.45. The van der Waals surface area contributed by atoms with Crippen LogP contribution in [0.15, 0.2) is 103 Å². The van der Waals surface area contributed by atoms with E-state index >= 15 is 0 Å². The first-order valence-electron chi connectivity index (χ1n) is 11.2. The van der Waals surface area contributed by atoms with Gasteiger partial charge in [-0.3, -0.25) is 14.8 Å². The van der Waals surface area contributed by atoms with Gasteiger partial charge in [0.2, 0.25) is 5.78 Å². The fraction of sp³-hybridized carbons (Fsp3) is 0. The van der Waals surface area contributed by atoms with Crippen LogP contribution in [0, 0.1) is 0 Å². The molecule has 0 radical (unpaired) electrons. The van der Waals surface area contributed by atoms with Gasteiger partial charge in [0.1, 0.15) is 11.4 Å². The van der Waals surface area contributed by atoms with Crippen LogP contribution in [0.1, 0.15) is 16.1 Å². The number of aromatic nitrogens is 3. The molecule has 34 heavy (non-hydrogen) atoms. The van der Waals surface area contributed by atoms with Crippen molar-refractivity contribution in [1.82, 2.24) is 15.0 Å². The lowest BCUT2D eigenvalue weighted by Crippen LogP contribution is -2.14. The van der Waals surface area contributed by atoms with Crippen molar-refractivity contribution in [1.29, 1.82) is 0 Å². The Morgan fingerprint density at radius 3 is 2.18 bits per heavy atom. The summed E-state index contributed by atoms with van der Waals surface area (Å²) >= 11 is 0. The van der Waals surface area contributed by atoms with Gasteiger partial charge in [-0.05, 0) is 64.0 Å². The van der Waals surface area contributed by atoms with Crippen LogP contribution in [0.5, 0.6) is 0 Å². The highest BCUT2D eigenvalue weighted by atomic mass is 16.1. The molecule has 1 aliphatic rings. The Hall–Kier alpha value is -4.70. The minimum absolute atomic E-state index is 0.102. The molecule has 3 aromatic heterocycles. The number of ketones is 1. The van der Waals surface area contributed by atoms with E-state index < -0.39 is 0 Å². The zero-order valence-electron chi connectivity index (χ0n) is 18.1. The number of carbonyl (C=O) groups excluding carboxylic acids is 1. The molecule has 0 unspecified atom stereocenters. The Morgan fingerprint density at radius 2 is 1.29 bits per heavy atom. The third-order valence-corrected chi connectivity index (χ3v) is 6.50. The molecule has 0 N–H and O–H groups in total. The quantitative estimate of drug-likeness (QED) is 0.283. The number of benzene rings is 3. The van der Waals surface area contributed by atoms with E-state index in [1.807, 2.05) is 18.2 Å². The Bertz CT molecular complexity index is 1770. The summed E-state index contributed by atoms with van der Waals surface area (Å²) in [7, 11) is 0. The first kappa shape index (κ1) is 18.8. The van der Waals surface area contributed by atoms with Crippen molar-refractivity contribution in [2.75, 3.05) is 0 Å². The van der Waals surface area contributed by atoms with Crippen LogP contribution in [0.4, 0.5) is 0 Å². The van der Waals surface area contributed by atoms with Crippen molar-refractivity contribution in [3.8, 4) is 33.6 Å². The van der Waals surface area contributed by atoms with E-state index in [0.717, 1.165) is 32.8 Å². The molecule has 0 fully saturated rings. The van der Waals surface area contributed by atoms with E-state index in [4.69, 9.17) is 4.98 Å². The van der Waals surface area contributed by atoms with Crippen molar-refractivity contribution in [2.45, 2.75) is 0 Å². The summed E-state index contributed by atoms with van der Waals surface area (Å²) in [6, 6.07) is 30.7. The highest BCUT2D eigenvalue weighted by Crippen LogP contribution is 2.39. The smallest absolute Gasteiger partial charge is 0.214 e. The van der Waals surface area contributed by atoms with Crippen LogP contribution in [0.2, 0.25) is 0 Å². The molecule has 3 heterocycles. The van der Waals surface area contributed by atoms with Gasteiger partial charge in [0.15, 0.2) is 0 Å². The molecule has 7 rings (SSSR count). The Labute approximate surface area is 195 Å². The van der Waals surface area contributed by atoms with Crippen molar-refractivity contribution < 1.29 is 4.79 Å². The first-order valence-corrected chi connectivity index (χ1v) is 11.2. The van der Waals surface area contributed by atoms with E-state index in [1.54, 1.807) is 24.5 Å². The summed E-state index contributed by atoms with van der Waals surface area (Å²) in [5.41, 5.74) is 7.72. The summed E-state index contributed by atoms with van der Waals surface area (Å²) in [6.07, 6.45) is 3.49. The lowest BCUT2D eigenvalue weighted by Gasteiger charge is -2.18. The summed E-state index contributed by atoms with van der Waals surface area (Å²) in [5.74, 6) is -0.102. The second-order valence-electron chi connectivity index (χ2n) is 8.45. The van der Waals surface area contributed by atoms with Crippen molar-refractivity contribution in [3.63, 3.8) is 0 Å². The van der Waals surface area contributed by atoms with Gasteiger partial charge in [0, 0.05) is 23.2 Å². The molecule has 6 aromatic rings. The maximum atomic E-state index is 13.3. The van der Waals surface area contributed by atoms with E-state index in [-0.39, 0.29) is 5.78 Å². The van der Waals surface area contributed by atoms with Crippen molar-refractivity contribution >= 4 is 27.5 Å². The van der Waals surface area contributed by atoms with Crippen LogP contribution in [0.3, 0.4) is 0 Å². The number of hydrogen-bond acceptors (Lipinski definition) is 4. The number of nitrogens with zero attached hydrogens (tertiary/aromatic N) is 3. The number of carbonyl (C=O) groups is 1. The molecular weight excluding hydrogens is 418 g/mol. The number of pyridine rings is 3. The monoisotopic (exact) mass is 435 g/mol. The molecule has 0 bridgehead atoms. The number of hydrogen-bond donors (Lipinski definition) is 0. The van der Waals surface area contributed by atoms with Gasteiger partial charge in [0.25, 0.3) is 0 Å². The van der Waals surface area contributed by atoms with E-state index in [1.165, 1.54) is 11.1 Å². The third kappa shape index (κ3) is 2.72. The van der Waals surface area contributed by atoms with Gasteiger partial charge in [0.05, 0.1) is 16.8 Å². The van der Waals surface area contributed by atoms with Crippen LogP contribution >= 0.6 is 0 Å². The molecule has 4 heteroatoms. The maximum absolute atomic E-state index is 13.3. The molecule has 0 spiro atoms. The lowest BCUT2D eigenvalue weighted by molar-refractivity contribution is 0.103. The van der Waals surface area contributed by atoms with Gasteiger partial charge < -0.3 is 0 Å². The predicted molar refractivity (Wildman–Crippen MR) is 135 cm³/mol. The van der Waals surface area contributed by atoms with Gasteiger partial charge in [-0.25, -0.2) is 4.98 Å². The zero-order chi connectivity index (χ0) is 22.6. The largest absolute Gasteiger partial charge is 0.287 e. The lowest BCUT2D eigenvalue weighted by atomic mass is 9.90. The average Bonchev–Trinajstić information content (AvgIpc) is 2.92. The predicted octanol–water partition coefficient (Wildman–Crippen LogP) is 6.72. The fourth-order valence-corrected chi connectivity index (χ4v) is 4.89. The van der Waals surface area contributed by atoms with E-state index in [0.29, 0.717) is 22.6 Å². The summed E-state index contributed by atoms with van der Waals surface area (Å²) in [5, 5.41) is 2.74. The molecular formula is C30H17N3O. The van der Waals surface area contributed by atoms with Gasteiger partial charge in [-0.2, -0.15) is 0 Å². The third-order valence-electron chi connectivity index (χ3n) is 6.50. The maximum Gasteiger partial charge on any atom is 0.214 e. The van der Waals surface area contributed by atoms with Crippen molar-refractivity contribution in [2.24, 2.45) is 0 Å². The molecule has 0 amide bonds. The zero-order valence-corrected chi connectivity index (χ0v) is 18.1. The highest BCUT2D eigenvalue weighted by molar-refractivity contribution is 6.27. The molecule has 4 nitrogen and oxygen atoms in total. The minimum atomic E-state index is -0.102. The summed E-state index contributed by atoms with van der Waals surface area (Å²) in [6.45, 7) is 0. The minimum Gasteiger partial charge on any atom is -0.287 e. The van der Waals surface area contributed by atoms with Crippen molar-refractivity contribution in [3.05, 3.63) is 115 Å².